The molecule has 0 fully saturated rings. The Morgan fingerprint density at radius 3 is 2.54 bits per heavy atom. The van der Waals surface area contributed by atoms with Gasteiger partial charge in [0.2, 0.25) is 0 Å². The van der Waals surface area contributed by atoms with Crippen LogP contribution in [0.5, 0.6) is 0 Å². The van der Waals surface area contributed by atoms with Gasteiger partial charge in [0, 0.05) is 16.8 Å². The van der Waals surface area contributed by atoms with Gasteiger partial charge in [-0.15, -0.1) is 0 Å². The van der Waals surface area contributed by atoms with Crippen LogP contribution < -0.4 is 16.0 Å². The fraction of sp³-hybridized carbons (Fsp3) is 0.500. The number of fused-ring (bicyclic) bond motifs is 1. The van der Waals surface area contributed by atoms with Gasteiger partial charge in [-0.3, -0.25) is 4.79 Å². The van der Waals surface area contributed by atoms with Crippen LogP contribution >= 0.6 is 12.2 Å². The summed E-state index contributed by atoms with van der Waals surface area (Å²) in [5, 5.41) is 3.51. The third kappa shape index (κ3) is 5.51. The van der Waals surface area contributed by atoms with Gasteiger partial charge in [0.1, 0.15) is 11.0 Å². The quantitative estimate of drug-likeness (QED) is 0.558. The molecule has 0 aromatic heterocycles. The number of amides is 3. The number of urea groups is 1. The van der Waals surface area contributed by atoms with Crippen LogP contribution in [0.15, 0.2) is 28.2 Å². The highest BCUT2D eigenvalue weighted by Gasteiger charge is 2.29. The van der Waals surface area contributed by atoms with Gasteiger partial charge in [-0.05, 0) is 32.8 Å². The lowest BCUT2D eigenvalue weighted by Gasteiger charge is -2.26. The number of Topliss-reactive ketones (excluding diaryl/α,β-unsaturated/α-hetero) is 1. The molecule has 2 rings (SSSR count). The summed E-state index contributed by atoms with van der Waals surface area (Å²) in [6.07, 6.45) is -0.0000182. The maximum absolute atomic E-state index is 12.9. The molecule has 7 nitrogen and oxygen atoms in total. The van der Waals surface area contributed by atoms with E-state index in [9.17, 15) is 14.4 Å². The van der Waals surface area contributed by atoms with Crippen molar-refractivity contribution in [1.82, 2.24) is 5.32 Å². The van der Waals surface area contributed by atoms with Gasteiger partial charge in [-0.25, -0.2) is 9.59 Å². The number of nitrogens with zero attached hydrogens (tertiary/aromatic N) is 2. The molecule has 1 aliphatic heterocycles. The first kappa shape index (κ1) is 21.8. The molecule has 2 atom stereocenters. The lowest BCUT2D eigenvalue weighted by Crippen LogP contribution is -2.47. The highest BCUT2D eigenvalue weighted by molar-refractivity contribution is 7.80. The Bertz CT molecular complexity index is 934. The van der Waals surface area contributed by atoms with Crippen molar-refractivity contribution in [3.05, 3.63) is 34.5 Å². The van der Waals surface area contributed by atoms with Crippen molar-refractivity contribution in [2.24, 2.45) is 15.9 Å². The molecule has 0 saturated heterocycles. The van der Waals surface area contributed by atoms with Crippen molar-refractivity contribution in [3.8, 4) is 0 Å². The third-order valence-corrected chi connectivity index (χ3v) is 4.67. The monoisotopic (exact) mass is 403 g/mol. The van der Waals surface area contributed by atoms with E-state index in [2.05, 4.69) is 15.3 Å². The van der Waals surface area contributed by atoms with Crippen LogP contribution in [0, 0.1) is 5.92 Å². The second kappa shape index (κ2) is 8.68. The third-order valence-electron chi connectivity index (χ3n) is 4.31. The van der Waals surface area contributed by atoms with Crippen molar-refractivity contribution >= 4 is 35.0 Å². The summed E-state index contributed by atoms with van der Waals surface area (Å²) in [5.74, 6) is -0.311. The van der Waals surface area contributed by atoms with Gasteiger partial charge in [0.15, 0.2) is 5.78 Å². The standard InChI is InChI=1S/C20H25N3O4S/c1-6-11(2)16(23-19(26)27-20(3,4)5)14(24)10-15(28)12-8-7-9-13-17(12)22-18(25)21-13/h7-9,11,16H,6,10H2,1-5H3,(H,23,26)/t11-,16-/m0/s1. The van der Waals surface area contributed by atoms with Gasteiger partial charge in [0.25, 0.3) is 0 Å². The van der Waals surface area contributed by atoms with E-state index in [1.165, 1.54) is 0 Å². The minimum atomic E-state index is -0.724. The molecule has 1 aromatic rings. The van der Waals surface area contributed by atoms with E-state index in [-0.39, 0.29) is 18.1 Å². The van der Waals surface area contributed by atoms with Crippen molar-refractivity contribution in [2.75, 3.05) is 0 Å². The fourth-order valence-electron chi connectivity index (χ4n) is 2.76. The molecule has 1 N–H and O–H groups in total. The van der Waals surface area contributed by atoms with E-state index in [0.717, 1.165) is 0 Å². The SMILES string of the molecule is CC[C@H](C)[C@H](NC(=O)OC(C)(C)C)C(=O)CC(=S)c1cccc2c1=NC(=O)N=2. The topological polar surface area (TPSA) is 97.2 Å². The molecule has 0 radical (unpaired) electrons. The summed E-state index contributed by atoms with van der Waals surface area (Å²) in [6.45, 7) is 9.10. The molecule has 0 bridgehead atoms. The molecule has 150 valence electrons. The average Bonchev–Trinajstić information content (AvgIpc) is 2.97. The molecule has 1 aliphatic rings. The number of ketones is 1. The van der Waals surface area contributed by atoms with Gasteiger partial charge in [0.05, 0.1) is 11.4 Å². The largest absolute Gasteiger partial charge is 0.444 e. The summed E-state index contributed by atoms with van der Waals surface area (Å²) < 4.78 is 5.27. The number of ether oxygens (including phenoxy) is 1. The highest BCUT2D eigenvalue weighted by atomic mass is 32.1. The Morgan fingerprint density at radius 2 is 1.93 bits per heavy atom. The first-order valence-corrected chi connectivity index (χ1v) is 9.58. The highest BCUT2D eigenvalue weighted by Crippen LogP contribution is 2.14. The van der Waals surface area contributed by atoms with Crippen molar-refractivity contribution < 1.29 is 19.1 Å². The van der Waals surface area contributed by atoms with Crippen LogP contribution in [-0.4, -0.2) is 34.4 Å². The zero-order chi connectivity index (χ0) is 21.1. The van der Waals surface area contributed by atoms with Crippen LogP contribution in [0.3, 0.4) is 0 Å². The first-order chi connectivity index (χ1) is 13.0. The van der Waals surface area contributed by atoms with E-state index in [1.807, 2.05) is 13.8 Å². The average molecular weight is 404 g/mol. The molecule has 0 aliphatic carbocycles. The molecule has 0 spiro atoms. The zero-order valence-corrected chi connectivity index (χ0v) is 17.6. The first-order valence-electron chi connectivity index (χ1n) is 9.17. The molecule has 3 amide bonds. The van der Waals surface area contributed by atoms with Crippen molar-refractivity contribution in [1.29, 1.82) is 0 Å². The summed E-state index contributed by atoms with van der Waals surface area (Å²) >= 11 is 5.44. The van der Waals surface area contributed by atoms with Crippen LogP contribution in [0.2, 0.25) is 0 Å². The number of hydrogen-bond donors (Lipinski definition) is 1. The zero-order valence-electron chi connectivity index (χ0n) is 16.7. The number of carbonyl (C=O) groups excluding carboxylic acids is 3. The lowest BCUT2D eigenvalue weighted by molar-refractivity contribution is -0.121. The fourth-order valence-corrected chi connectivity index (χ4v) is 3.07. The minimum absolute atomic E-state index is 0.0553. The van der Waals surface area contributed by atoms with E-state index < -0.39 is 23.8 Å². The summed E-state index contributed by atoms with van der Waals surface area (Å²) in [7, 11) is 0. The van der Waals surface area contributed by atoms with Crippen LogP contribution in [0.25, 0.3) is 0 Å². The summed E-state index contributed by atoms with van der Waals surface area (Å²) in [4.78, 5) is 44.6. The number of para-hydroxylation sites is 1. The predicted octanol–water partition coefficient (Wildman–Crippen LogP) is 2.68. The lowest BCUT2D eigenvalue weighted by atomic mass is 9.92. The Kier molecular flexibility index (Phi) is 6.77. The molecule has 0 unspecified atom stereocenters. The number of alkyl carbamates (subject to hydrolysis) is 1. The number of thiocarbonyl (C=S) groups is 1. The minimum Gasteiger partial charge on any atom is -0.444 e. The molecular formula is C20H25N3O4S. The molecular weight excluding hydrogens is 378 g/mol. The molecule has 1 heterocycles. The van der Waals surface area contributed by atoms with Crippen LogP contribution in [-0.2, 0) is 9.53 Å². The van der Waals surface area contributed by atoms with E-state index in [0.29, 0.717) is 27.6 Å². The number of carbonyl (C=O) groups is 3. The normalized spacial score (nSPS) is 15.0. The predicted molar refractivity (Wildman–Crippen MR) is 108 cm³/mol. The molecule has 28 heavy (non-hydrogen) atoms. The smallest absolute Gasteiger partial charge is 0.408 e. The van der Waals surface area contributed by atoms with E-state index in [4.69, 9.17) is 17.0 Å². The Balaban J connectivity index is 2.18. The summed E-state index contributed by atoms with van der Waals surface area (Å²) in [6, 6.07) is 3.79. The molecule has 0 saturated carbocycles. The second-order valence-electron chi connectivity index (χ2n) is 7.76. The van der Waals surface area contributed by atoms with Gasteiger partial charge >= 0.3 is 12.1 Å². The Morgan fingerprint density at radius 1 is 1.25 bits per heavy atom. The Hall–Kier alpha value is -2.48. The Labute approximate surface area is 169 Å². The van der Waals surface area contributed by atoms with Crippen molar-refractivity contribution in [2.45, 2.75) is 59.1 Å². The van der Waals surface area contributed by atoms with Crippen LogP contribution in [0.4, 0.5) is 9.59 Å². The summed E-state index contributed by atoms with van der Waals surface area (Å²) in [5.41, 5.74) is -0.125. The molecule has 1 aromatic carbocycles. The second-order valence-corrected chi connectivity index (χ2v) is 8.25. The maximum Gasteiger partial charge on any atom is 0.408 e. The van der Waals surface area contributed by atoms with Crippen molar-refractivity contribution in [3.63, 3.8) is 0 Å². The molecule has 8 heteroatoms. The number of hydrogen-bond acceptors (Lipinski definition) is 5. The number of benzene rings is 1. The van der Waals surface area contributed by atoms with Crippen LogP contribution in [0.1, 0.15) is 53.0 Å². The van der Waals surface area contributed by atoms with Gasteiger partial charge in [-0.2, -0.15) is 9.98 Å². The van der Waals surface area contributed by atoms with E-state index >= 15 is 0 Å². The van der Waals surface area contributed by atoms with Gasteiger partial charge < -0.3 is 10.1 Å². The number of nitrogens with one attached hydrogen (secondary N) is 1. The van der Waals surface area contributed by atoms with Gasteiger partial charge in [-0.1, -0.05) is 44.6 Å². The maximum atomic E-state index is 12.9. The number of rotatable bonds is 7. The van der Waals surface area contributed by atoms with E-state index in [1.54, 1.807) is 39.0 Å².